The van der Waals surface area contributed by atoms with Crippen LogP contribution in [0, 0.1) is 42.9 Å². The maximum absolute atomic E-state index is 14.3. The van der Waals surface area contributed by atoms with Crippen molar-refractivity contribution in [2.75, 3.05) is 16.4 Å². The van der Waals surface area contributed by atoms with Gasteiger partial charge in [0.15, 0.2) is 0 Å². The van der Waals surface area contributed by atoms with Crippen LogP contribution in [0.1, 0.15) is 31.9 Å². The van der Waals surface area contributed by atoms with Crippen molar-refractivity contribution < 1.29 is 28.7 Å². The van der Waals surface area contributed by atoms with Crippen molar-refractivity contribution in [1.29, 1.82) is 0 Å². The molecule has 2 aliphatic heterocycles. The largest absolute Gasteiger partial charge is 0.463 e. The van der Waals surface area contributed by atoms with Crippen molar-refractivity contribution in [3.05, 3.63) is 70.8 Å². The lowest BCUT2D eigenvalue weighted by molar-refractivity contribution is -0.152. The van der Waals surface area contributed by atoms with E-state index in [4.69, 9.17) is 4.74 Å². The highest BCUT2D eigenvalue weighted by Crippen LogP contribution is 2.72. The van der Waals surface area contributed by atoms with Gasteiger partial charge in [-0.25, -0.2) is 14.6 Å². The lowest BCUT2D eigenvalue weighted by Crippen LogP contribution is -2.67. The summed E-state index contributed by atoms with van der Waals surface area (Å²) < 4.78 is 4.01. The number of allylic oxidation sites excluding steroid dienone is 1. The average molecular weight is 605 g/mol. The fourth-order valence-electron chi connectivity index (χ4n) is 7.77. The Morgan fingerprint density at radius 2 is 1.23 bits per heavy atom. The van der Waals surface area contributed by atoms with E-state index in [1.54, 1.807) is 57.2 Å². The molecule has 206 valence electrons. The van der Waals surface area contributed by atoms with Crippen molar-refractivity contribution in [2.45, 2.75) is 38.9 Å². The molecular weight excluding hydrogens is 576 g/mol. The summed E-state index contributed by atoms with van der Waals surface area (Å²) in [5, 5.41) is 0. The van der Waals surface area contributed by atoms with Gasteiger partial charge in [0.2, 0.25) is 23.6 Å². The highest BCUT2D eigenvalue weighted by molar-refractivity contribution is 9.10. The number of ether oxygens (including phenoxy) is 1. The maximum Gasteiger partial charge on any atom is 0.334 e. The SMILES string of the molecule is CCOC(=O)C1=C(C)C2(Br)[C@@H]3C(=O)N(c4cccc(C)c4)C(=O)[C@@H]3C1(C)[C@@H]1C(=O)N(c3cccc(C)c3)C(=O)[C@@H]12. The van der Waals surface area contributed by atoms with Gasteiger partial charge in [-0.1, -0.05) is 47.1 Å². The van der Waals surface area contributed by atoms with Crippen LogP contribution in [0.3, 0.4) is 0 Å². The van der Waals surface area contributed by atoms with Gasteiger partial charge in [0.1, 0.15) is 0 Å². The summed E-state index contributed by atoms with van der Waals surface area (Å²) in [4.78, 5) is 73.0. The molecule has 0 N–H and O–H groups in total. The van der Waals surface area contributed by atoms with E-state index in [-0.39, 0.29) is 12.2 Å². The fraction of sp³-hybridized carbons (Fsp3) is 0.387. The third kappa shape index (κ3) is 3.09. The second-order valence-electron chi connectivity index (χ2n) is 11.4. The Bertz CT molecular complexity index is 1490. The number of amides is 4. The van der Waals surface area contributed by atoms with Crippen LogP contribution >= 0.6 is 15.9 Å². The highest BCUT2D eigenvalue weighted by atomic mass is 79.9. The molecule has 2 aromatic carbocycles. The summed E-state index contributed by atoms with van der Waals surface area (Å²) in [7, 11) is 0. The van der Waals surface area contributed by atoms with E-state index in [1.807, 2.05) is 26.0 Å². The monoisotopic (exact) mass is 604 g/mol. The number of benzene rings is 2. The second-order valence-corrected chi connectivity index (χ2v) is 12.7. The molecule has 4 amide bonds. The quantitative estimate of drug-likeness (QED) is 0.294. The van der Waals surface area contributed by atoms with Gasteiger partial charge in [0.05, 0.1) is 46.0 Å². The van der Waals surface area contributed by atoms with Crippen molar-refractivity contribution in [3.63, 3.8) is 0 Å². The number of nitrogens with zero attached hydrogens (tertiary/aromatic N) is 2. The molecule has 5 aliphatic rings. The van der Waals surface area contributed by atoms with E-state index in [1.165, 1.54) is 0 Å². The summed E-state index contributed by atoms with van der Waals surface area (Å²) in [6, 6.07) is 14.1. The van der Waals surface area contributed by atoms with Crippen LogP contribution in [0.15, 0.2) is 59.7 Å². The van der Waals surface area contributed by atoms with Crippen LogP contribution < -0.4 is 9.80 Å². The van der Waals surface area contributed by atoms with E-state index in [0.29, 0.717) is 16.9 Å². The van der Waals surface area contributed by atoms with Gasteiger partial charge in [0, 0.05) is 11.0 Å². The molecule has 6 atom stereocenters. The first-order valence-corrected chi connectivity index (χ1v) is 14.2. The summed E-state index contributed by atoms with van der Waals surface area (Å²) in [6.45, 7) is 8.88. The van der Waals surface area contributed by atoms with E-state index in [0.717, 1.165) is 20.9 Å². The Labute approximate surface area is 240 Å². The number of hydrogen-bond acceptors (Lipinski definition) is 6. The Hall–Kier alpha value is -3.59. The molecule has 3 aliphatic carbocycles. The molecule has 8 nitrogen and oxygen atoms in total. The average Bonchev–Trinajstić information content (AvgIpc) is 3.33. The zero-order valence-electron chi connectivity index (χ0n) is 22.9. The van der Waals surface area contributed by atoms with Crippen LogP contribution in [-0.2, 0) is 28.7 Å². The molecule has 2 unspecified atom stereocenters. The van der Waals surface area contributed by atoms with Crippen LogP contribution in [0.25, 0.3) is 0 Å². The predicted molar refractivity (Wildman–Crippen MR) is 150 cm³/mol. The summed E-state index contributed by atoms with van der Waals surface area (Å²) in [6.07, 6.45) is 0. The molecule has 7 rings (SSSR count). The van der Waals surface area contributed by atoms with Crippen molar-refractivity contribution >= 4 is 56.9 Å². The number of hydrogen-bond donors (Lipinski definition) is 0. The number of halogens is 1. The van der Waals surface area contributed by atoms with Crippen molar-refractivity contribution in [1.82, 2.24) is 0 Å². The Morgan fingerprint density at radius 3 is 1.62 bits per heavy atom. The summed E-state index contributed by atoms with van der Waals surface area (Å²) >= 11 is 3.80. The zero-order valence-corrected chi connectivity index (χ0v) is 24.4. The van der Waals surface area contributed by atoms with Gasteiger partial charge in [-0.15, -0.1) is 0 Å². The molecule has 2 aromatic rings. The topological polar surface area (TPSA) is 101 Å². The number of carbonyl (C=O) groups excluding carboxylic acids is 5. The van der Waals surface area contributed by atoms with Gasteiger partial charge in [0.25, 0.3) is 0 Å². The van der Waals surface area contributed by atoms with Crippen LogP contribution in [0.5, 0.6) is 0 Å². The number of aryl methyl sites for hydroxylation is 2. The van der Waals surface area contributed by atoms with E-state index >= 15 is 0 Å². The fourth-order valence-corrected chi connectivity index (χ4v) is 8.89. The predicted octanol–water partition coefficient (Wildman–Crippen LogP) is 4.26. The minimum Gasteiger partial charge on any atom is -0.463 e. The van der Waals surface area contributed by atoms with Crippen molar-refractivity contribution in [3.8, 4) is 0 Å². The standard InChI is InChI=1S/C31H29BrN2O6/c1-6-40-29(39)20-17(4)31(32)23-21(25(35)33(27(23)37)18-11-7-9-15(2)13-18)30(20,5)22-24(31)28(38)34(26(22)36)19-12-8-10-16(3)14-19/h7-14,21-24H,6H2,1-5H3/t21-,22+,23+,24-,30?,31?. The number of rotatable bonds is 4. The van der Waals surface area contributed by atoms with Crippen LogP contribution in [-0.4, -0.2) is 40.5 Å². The molecule has 1 saturated carbocycles. The number of anilines is 2. The molecule has 2 saturated heterocycles. The smallest absolute Gasteiger partial charge is 0.334 e. The van der Waals surface area contributed by atoms with Gasteiger partial charge in [-0.3, -0.25) is 19.2 Å². The van der Waals surface area contributed by atoms with Crippen molar-refractivity contribution in [2.24, 2.45) is 29.1 Å². The zero-order chi connectivity index (χ0) is 28.9. The molecule has 3 fully saturated rings. The molecule has 0 aromatic heterocycles. The third-order valence-electron chi connectivity index (χ3n) is 9.30. The van der Waals surface area contributed by atoms with Gasteiger partial charge < -0.3 is 4.74 Å². The van der Waals surface area contributed by atoms with Gasteiger partial charge in [-0.05, 0) is 68.7 Å². The highest BCUT2D eigenvalue weighted by Gasteiger charge is 2.81. The molecule has 9 heteroatoms. The first kappa shape index (κ1) is 26.6. The Kier molecular flexibility index (Phi) is 5.79. The molecular formula is C31H29BrN2O6. The lowest BCUT2D eigenvalue weighted by Gasteiger charge is -2.59. The number of carbonyl (C=O) groups is 5. The molecule has 0 radical (unpaired) electrons. The second kappa shape index (κ2) is 8.70. The van der Waals surface area contributed by atoms with Gasteiger partial charge >= 0.3 is 5.97 Å². The van der Waals surface area contributed by atoms with E-state index in [2.05, 4.69) is 15.9 Å². The van der Waals surface area contributed by atoms with E-state index < -0.39 is 63.0 Å². The van der Waals surface area contributed by atoms with Crippen LogP contribution in [0.4, 0.5) is 11.4 Å². The van der Waals surface area contributed by atoms with E-state index in [9.17, 15) is 24.0 Å². The molecule has 0 spiro atoms. The maximum atomic E-state index is 14.3. The molecule has 2 heterocycles. The Morgan fingerprint density at radius 1 is 0.800 bits per heavy atom. The minimum absolute atomic E-state index is 0.0910. The first-order chi connectivity index (χ1) is 18.9. The van der Waals surface area contributed by atoms with Gasteiger partial charge in [-0.2, -0.15) is 0 Å². The molecule has 2 bridgehead atoms. The summed E-state index contributed by atoms with van der Waals surface area (Å²) in [5.41, 5.74) is 1.76. The summed E-state index contributed by atoms with van der Waals surface area (Å²) in [5.74, 6) is -6.66. The normalized spacial score (nSPS) is 32.6. The van der Waals surface area contributed by atoms with Crippen LogP contribution in [0.2, 0.25) is 0 Å². The number of alkyl halides is 1. The minimum atomic E-state index is -1.46. The number of imide groups is 2. The number of esters is 1. The Balaban J connectivity index is 1.60. The molecule has 40 heavy (non-hydrogen) atoms. The first-order valence-electron chi connectivity index (χ1n) is 13.4. The lowest BCUT2D eigenvalue weighted by atomic mass is 9.43. The third-order valence-corrected chi connectivity index (χ3v) is 10.9.